The van der Waals surface area contributed by atoms with E-state index in [1.165, 1.54) is 18.2 Å². The number of benzene rings is 1. The van der Waals surface area contributed by atoms with Crippen molar-refractivity contribution in [2.24, 2.45) is 5.73 Å². The van der Waals surface area contributed by atoms with Crippen LogP contribution in [0.2, 0.25) is 5.02 Å². The Labute approximate surface area is 105 Å². The molecule has 0 bridgehead atoms. The zero-order chi connectivity index (χ0) is 13.1. The first-order valence-corrected chi connectivity index (χ1v) is 6.69. The summed E-state index contributed by atoms with van der Waals surface area (Å²) in [5.41, 5.74) is 5.57. The summed E-state index contributed by atoms with van der Waals surface area (Å²) in [4.78, 5) is 0.0156. The first-order chi connectivity index (χ1) is 7.90. The van der Waals surface area contributed by atoms with Crippen molar-refractivity contribution in [2.75, 3.05) is 6.54 Å². The summed E-state index contributed by atoms with van der Waals surface area (Å²) in [5, 5.41) is 8.79. The van der Waals surface area contributed by atoms with E-state index in [9.17, 15) is 8.42 Å². The van der Waals surface area contributed by atoms with Crippen molar-refractivity contribution in [1.29, 1.82) is 5.26 Å². The van der Waals surface area contributed by atoms with E-state index in [4.69, 9.17) is 22.6 Å². The lowest BCUT2D eigenvalue weighted by Gasteiger charge is -2.12. The van der Waals surface area contributed by atoms with Crippen LogP contribution in [0.25, 0.3) is 0 Å². The quantitative estimate of drug-likeness (QED) is 0.849. The van der Waals surface area contributed by atoms with Crippen molar-refractivity contribution in [3.05, 3.63) is 28.8 Å². The third-order valence-electron chi connectivity index (χ3n) is 2.08. The maximum absolute atomic E-state index is 11.8. The van der Waals surface area contributed by atoms with Crippen LogP contribution in [0, 0.1) is 11.3 Å². The van der Waals surface area contributed by atoms with E-state index in [0.29, 0.717) is 0 Å². The highest BCUT2D eigenvalue weighted by atomic mass is 35.5. The minimum atomic E-state index is -3.64. The van der Waals surface area contributed by atoms with Gasteiger partial charge in [-0.2, -0.15) is 5.26 Å². The Morgan fingerprint density at radius 3 is 2.71 bits per heavy atom. The topological polar surface area (TPSA) is 96.0 Å². The fraction of sp³-hybridized carbons (Fsp3) is 0.300. The van der Waals surface area contributed by atoms with Crippen molar-refractivity contribution in [1.82, 2.24) is 4.72 Å². The molecule has 0 aliphatic carbocycles. The Bertz CT molecular complexity index is 551. The number of halogens is 1. The number of rotatable bonds is 4. The molecule has 0 aliphatic heterocycles. The second kappa shape index (κ2) is 5.47. The van der Waals surface area contributed by atoms with Gasteiger partial charge in [0.15, 0.2) is 0 Å². The van der Waals surface area contributed by atoms with Crippen molar-refractivity contribution in [3.8, 4) is 6.07 Å². The molecule has 0 saturated carbocycles. The number of sulfonamides is 1. The first kappa shape index (κ1) is 13.9. The number of nitrogens with zero attached hydrogens (tertiary/aromatic N) is 1. The fourth-order valence-electron chi connectivity index (χ4n) is 1.13. The maximum atomic E-state index is 11.8. The van der Waals surface area contributed by atoms with Crippen LogP contribution in [0.15, 0.2) is 23.1 Å². The highest BCUT2D eigenvalue weighted by molar-refractivity contribution is 7.89. The van der Waals surface area contributed by atoms with Crippen molar-refractivity contribution >= 4 is 21.6 Å². The molecule has 92 valence electrons. The summed E-state index contributed by atoms with van der Waals surface area (Å²) in [6.45, 7) is 1.85. The van der Waals surface area contributed by atoms with Gasteiger partial charge in [-0.3, -0.25) is 0 Å². The number of hydrogen-bond donors (Lipinski definition) is 2. The second-order valence-electron chi connectivity index (χ2n) is 3.51. The highest BCUT2D eigenvalue weighted by Crippen LogP contribution is 2.20. The largest absolute Gasteiger partial charge is 0.329 e. The lowest BCUT2D eigenvalue weighted by molar-refractivity contribution is 0.562. The van der Waals surface area contributed by atoms with Gasteiger partial charge in [0.1, 0.15) is 6.07 Å². The third-order valence-corrected chi connectivity index (χ3v) is 3.98. The van der Waals surface area contributed by atoms with Crippen LogP contribution in [-0.4, -0.2) is 21.0 Å². The van der Waals surface area contributed by atoms with E-state index in [2.05, 4.69) is 4.72 Å². The summed E-state index contributed by atoms with van der Waals surface area (Å²) in [6, 6.07) is 5.43. The van der Waals surface area contributed by atoms with E-state index in [1.807, 2.05) is 6.07 Å². The van der Waals surface area contributed by atoms with Gasteiger partial charge in [0, 0.05) is 12.6 Å². The molecule has 0 spiro atoms. The molecule has 5 nitrogen and oxygen atoms in total. The Balaban J connectivity index is 3.09. The van der Waals surface area contributed by atoms with Crippen LogP contribution < -0.4 is 10.5 Å². The molecule has 0 aromatic heterocycles. The molecular weight excluding hydrogens is 262 g/mol. The minimum absolute atomic E-state index is 0.0156. The average Bonchev–Trinajstić information content (AvgIpc) is 2.28. The van der Waals surface area contributed by atoms with E-state index >= 15 is 0 Å². The molecule has 1 atom stereocenters. The van der Waals surface area contributed by atoms with E-state index in [0.717, 1.165) is 0 Å². The van der Waals surface area contributed by atoms with Crippen molar-refractivity contribution in [2.45, 2.75) is 17.9 Å². The van der Waals surface area contributed by atoms with Gasteiger partial charge >= 0.3 is 0 Å². The Hall–Kier alpha value is -1.13. The molecule has 0 aliphatic rings. The first-order valence-electron chi connectivity index (χ1n) is 4.82. The smallest absolute Gasteiger partial charge is 0.240 e. The summed E-state index contributed by atoms with van der Waals surface area (Å²) >= 11 is 5.77. The number of hydrogen-bond acceptors (Lipinski definition) is 4. The molecule has 3 N–H and O–H groups in total. The Kier molecular flexibility index (Phi) is 4.48. The molecule has 1 rings (SSSR count). The van der Waals surface area contributed by atoms with Crippen LogP contribution in [0.3, 0.4) is 0 Å². The van der Waals surface area contributed by atoms with Gasteiger partial charge in [-0.1, -0.05) is 11.6 Å². The highest BCUT2D eigenvalue weighted by Gasteiger charge is 2.17. The summed E-state index contributed by atoms with van der Waals surface area (Å²) in [7, 11) is -3.64. The molecule has 0 heterocycles. The molecule has 0 fully saturated rings. The van der Waals surface area contributed by atoms with Crippen molar-refractivity contribution in [3.63, 3.8) is 0 Å². The molecule has 7 heteroatoms. The third kappa shape index (κ3) is 3.41. The predicted octanol–water partition coefficient (Wildman–Crippen LogP) is 0.837. The van der Waals surface area contributed by atoms with Gasteiger partial charge in [-0.25, -0.2) is 13.1 Å². The summed E-state index contributed by atoms with van der Waals surface area (Å²) < 4.78 is 26.1. The molecule has 0 radical (unpaired) electrons. The standard InChI is InChI=1S/C10H12ClN3O2S/c1-7(5-12)14-17(15,16)9-3-2-8(6-13)10(11)4-9/h2-4,7,14H,5,12H2,1H3/t7-/m0/s1. The maximum Gasteiger partial charge on any atom is 0.240 e. The lowest BCUT2D eigenvalue weighted by Crippen LogP contribution is -2.37. The van der Waals surface area contributed by atoms with Crippen LogP contribution in [0.4, 0.5) is 0 Å². The monoisotopic (exact) mass is 273 g/mol. The molecule has 0 saturated heterocycles. The normalized spacial score (nSPS) is 13.1. The van der Waals surface area contributed by atoms with E-state index in [1.54, 1.807) is 6.92 Å². The number of nitrogens with two attached hydrogens (primary N) is 1. The van der Waals surface area contributed by atoms with Crippen LogP contribution in [0.5, 0.6) is 0 Å². The van der Waals surface area contributed by atoms with E-state index < -0.39 is 10.0 Å². The summed E-state index contributed by atoms with van der Waals surface area (Å²) in [5.74, 6) is 0. The molecule has 0 amide bonds. The van der Waals surface area contributed by atoms with Gasteiger partial charge < -0.3 is 5.73 Å². The molecule has 17 heavy (non-hydrogen) atoms. The fourth-order valence-corrected chi connectivity index (χ4v) is 2.70. The SMILES string of the molecule is C[C@@H](CN)NS(=O)(=O)c1ccc(C#N)c(Cl)c1. The zero-order valence-electron chi connectivity index (χ0n) is 9.14. The lowest BCUT2D eigenvalue weighted by atomic mass is 10.2. The van der Waals surface area contributed by atoms with Gasteiger partial charge in [-0.05, 0) is 25.1 Å². The second-order valence-corrected chi connectivity index (χ2v) is 5.63. The van der Waals surface area contributed by atoms with Crippen LogP contribution in [-0.2, 0) is 10.0 Å². The van der Waals surface area contributed by atoms with Gasteiger partial charge in [0.05, 0.1) is 15.5 Å². The minimum Gasteiger partial charge on any atom is -0.329 e. The van der Waals surface area contributed by atoms with Crippen LogP contribution >= 0.6 is 11.6 Å². The van der Waals surface area contributed by atoms with E-state index in [-0.39, 0.29) is 28.1 Å². The van der Waals surface area contributed by atoms with Gasteiger partial charge in [0.2, 0.25) is 10.0 Å². The molecule has 1 aromatic rings. The molecular formula is C10H12ClN3O2S. The Morgan fingerprint density at radius 2 is 2.24 bits per heavy atom. The van der Waals surface area contributed by atoms with Crippen molar-refractivity contribution < 1.29 is 8.42 Å². The van der Waals surface area contributed by atoms with Gasteiger partial charge in [0.25, 0.3) is 0 Å². The number of nitriles is 1. The molecule has 0 unspecified atom stereocenters. The Morgan fingerprint density at radius 1 is 1.59 bits per heavy atom. The summed E-state index contributed by atoms with van der Waals surface area (Å²) in [6.07, 6.45) is 0. The van der Waals surface area contributed by atoms with Gasteiger partial charge in [-0.15, -0.1) is 0 Å². The van der Waals surface area contributed by atoms with Crippen LogP contribution in [0.1, 0.15) is 12.5 Å². The zero-order valence-corrected chi connectivity index (χ0v) is 10.7. The number of nitrogens with one attached hydrogen (secondary N) is 1. The molecule has 1 aromatic carbocycles. The average molecular weight is 274 g/mol. The predicted molar refractivity (Wildman–Crippen MR) is 65.0 cm³/mol.